The van der Waals surface area contributed by atoms with Gasteiger partial charge in [0.1, 0.15) is 34.5 Å². The molecule has 0 bridgehead atoms. The number of unbranched alkanes of at least 4 members (excludes halogenated alkanes) is 6. The van der Waals surface area contributed by atoms with E-state index in [-0.39, 0.29) is 34.6 Å². The van der Waals surface area contributed by atoms with Gasteiger partial charge >= 0.3 is 11.9 Å². The van der Waals surface area contributed by atoms with E-state index in [0.29, 0.717) is 75.1 Å². The van der Waals surface area contributed by atoms with E-state index in [1.165, 1.54) is 22.3 Å². The Morgan fingerprint density at radius 1 is 0.301 bits per heavy atom. The molecule has 9 aromatic rings. The molecule has 0 aliphatic heterocycles. The zero-order valence-corrected chi connectivity index (χ0v) is 92.8. The van der Waals surface area contributed by atoms with Crippen LogP contribution in [0.25, 0.3) is 48.6 Å². The van der Waals surface area contributed by atoms with Crippen molar-refractivity contribution >= 4 is 94.7 Å². The van der Waals surface area contributed by atoms with Crippen molar-refractivity contribution < 1.29 is 47.5 Å². The Morgan fingerprint density at radius 2 is 0.541 bits per heavy atom. The van der Waals surface area contributed by atoms with Crippen LogP contribution in [0.3, 0.4) is 0 Å². The van der Waals surface area contributed by atoms with Gasteiger partial charge in [0.25, 0.3) is 0 Å². The van der Waals surface area contributed by atoms with E-state index in [1.54, 1.807) is 14.2 Å². The summed E-state index contributed by atoms with van der Waals surface area (Å²) < 4.78 is 54.9. The molecule has 0 saturated heterocycles. The predicted octanol–water partition coefficient (Wildman–Crippen LogP) is 37.2. The van der Waals surface area contributed by atoms with E-state index < -0.39 is 10.8 Å². The van der Waals surface area contributed by atoms with E-state index in [0.717, 1.165) is 331 Å². The Balaban J connectivity index is 0.895. The number of para-hydroxylation sites is 2. The van der Waals surface area contributed by atoms with Gasteiger partial charge in [0.2, 0.25) is 0 Å². The van der Waals surface area contributed by atoms with E-state index in [4.69, 9.17) is 37.9 Å². The average molecular weight is 1980 g/mol. The van der Waals surface area contributed by atoms with Crippen LogP contribution in [0.2, 0.25) is 0 Å². The first-order valence-corrected chi connectivity index (χ1v) is 57.4. The first-order valence-electron chi connectivity index (χ1n) is 57.4. The number of anilines is 6. The van der Waals surface area contributed by atoms with Crippen LogP contribution in [0.5, 0.6) is 34.5 Å². The molecule has 0 radical (unpaired) electrons. The van der Waals surface area contributed by atoms with Crippen LogP contribution in [0.1, 0.15) is 383 Å². The number of benzene rings is 9. The molecule has 2 fully saturated rings. The van der Waals surface area contributed by atoms with Gasteiger partial charge in [-0.2, -0.15) is 0 Å². The summed E-state index contributed by atoms with van der Waals surface area (Å²) in [5, 5.41) is 0. The van der Waals surface area contributed by atoms with Crippen molar-refractivity contribution in [3.05, 3.63) is 249 Å². The Labute approximate surface area is 881 Å². The topological polar surface area (TPSA) is 114 Å². The lowest BCUT2D eigenvalue weighted by Gasteiger charge is -2.54. The molecule has 786 valence electrons. The average Bonchev–Trinajstić information content (AvgIpc) is 0.722. The lowest BCUT2D eigenvalue weighted by molar-refractivity contribution is -0.162. The molecule has 12 atom stereocenters. The largest absolute Gasteiger partial charge is 0.493 e. The van der Waals surface area contributed by atoms with Crippen molar-refractivity contribution in [2.75, 3.05) is 63.7 Å². The second kappa shape index (κ2) is 55.5. The third-order valence-corrected chi connectivity index (χ3v) is 34.2. The van der Waals surface area contributed by atoms with Crippen LogP contribution >= 0.6 is 0 Å². The summed E-state index contributed by atoms with van der Waals surface area (Å²) in [6.45, 7) is 40.2. The van der Waals surface area contributed by atoms with Crippen molar-refractivity contribution in [1.82, 2.24) is 0 Å². The monoisotopic (exact) mass is 1980 g/mol. The fourth-order valence-electron chi connectivity index (χ4n) is 24.4. The molecule has 0 amide bonds. The van der Waals surface area contributed by atoms with Gasteiger partial charge in [-0.1, -0.05) is 347 Å². The number of aryl methyl sites for hydroxylation is 2. The van der Waals surface area contributed by atoms with Gasteiger partial charge in [-0.3, -0.25) is 9.59 Å². The second-order valence-corrected chi connectivity index (χ2v) is 44.2. The predicted molar refractivity (Wildman–Crippen MR) is 616 cm³/mol. The minimum atomic E-state index is -0.508. The number of hydrogen-bond acceptors (Lipinski definition) is 12. The minimum Gasteiger partial charge on any atom is -0.493 e. The quantitative estimate of drug-likeness (QED) is 0.0267. The maximum absolute atomic E-state index is 13.6. The SMILES string of the molecule is CCCCC(CC)COc1cc(/C=C/c2cc(OCC(CC)CCCC)c(/C=C/c3cc(OCC(CC)CCCC)c(/C=C/c4ccc(N(c5ccccc5)c5ccc6c(c5)CCC5[C@](C)(C(=O)OC)CCC[C@]65C)cc4)cc3OCC(CC)CCCC)cc2OCC(CC)CCCC)c(OCC(CC)CCCC)cc1/C=C/c1ccc(N(c2ccccc2)c2ccc3c(c2)CCC2[C@](C)(C(=O)OC)CCC[C@]32C)cc1. The smallest absolute Gasteiger partial charge is 0.311 e. The fraction of sp³-hybridized carbons (Fsp3) is 0.522. The maximum atomic E-state index is 13.6. The zero-order valence-electron chi connectivity index (χ0n) is 92.8. The van der Waals surface area contributed by atoms with Crippen LogP contribution in [-0.4, -0.2) is 65.8 Å². The van der Waals surface area contributed by atoms with Gasteiger partial charge in [-0.25, -0.2) is 0 Å². The number of carbonyl (C=O) groups is 2. The summed E-state index contributed by atoms with van der Waals surface area (Å²) >= 11 is 0. The molecule has 4 aliphatic rings. The molecule has 9 aromatic carbocycles. The van der Waals surface area contributed by atoms with E-state index in [1.807, 2.05) is 0 Å². The highest BCUT2D eigenvalue weighted by molar-refractivity contribution is 5.87. The first kappa shape index (κ1) is 112. The number of nitrogens with zero attached hydrogens (tertiary/aromatic N) is 2. The summed E-state index contributed by atoms with van der Waals surface area (Å²) in [7, 11) is 3.10. The second-order valence-electron chi connectivity index (χ2n) is 44.2. The summed E-state index contributed by atoms with van der Waals surface area (Å²) in [4.78, 5) is 31.9. The molecule has 8 unspecified atom stereocenters. The molecule has 0 N–H and O–H groups in total. The van der Waals surface area contributed by atoms with E-state index >= 15 is 0 Å². The minimum absolute atomic E-state index is 0.0732. The molecule has 146 heavy (non-hydrogen) atoms. The summed E-state index contributed by atoms with van der Waals surface area (Å²) in [6.07, 6.45) is 53.8. The van der Waals surface area contributed by atoms with E-state index in [2.05, 4.69) is 351 Å². The normalized spacial score (nSPS) is 19.9. The van der Waals surface area contributed by atoms with Crippen molar-refractivity contribution in [2.24, 2.45) is 58.2 Å². The molecular formula is C134H180N2O10. The molecule has 4 aliphatic carbocycles. The maximum Gasteiger partial charge on any atom is 0.311 e. The number of fused-ring (bicyclic) bond motifs is 6. The molecule has 12 heteroatoms. The van der Waals surface area contributed by atoms with Crippen molar-refractivity contribution in [3.8, 4) is 34.5 Å². The van der Waals surface area contributed by atoms with Gasteiger partial charge < -0.3 is 47.7 Å². The molecule has 13 rings (SSSR count). The van der Waals surface area contributed by atoms with Crippen LogP contribution in [-0.2, 0) is 42.7 Å². The molecular weight excluding hydrogens is 1800 g/mol. The van der Waals surface area contributed by atoms with Gasteiger partial charge in [-0.05, 0) is 304 Å². The molecule has 0 aromatic heterocycles. The van der Waals surface area contributed by atoms with Gasteiger partial charge in [0.05, 0.1) is 64.7 Å². The highest BCUT2D eigenvalue weighted by Crippen LogP contribution is 2.61. The number of hydrogen-bond donors (Lipinski definition) is 0. The lowest BCUT2D eigenvalue weighted by Crippen LogP contribution is -2.52. The van der Waals surface area contributed by atoms with Crippen LogP contribution < -0.4 is 38.2 Å². The Bertz CT molecular complexity index is 5350. The van der Waals surface area contributed by atoms with Crippen molar-refractivity contribution in [3.63, 3.8) is 0 Å². The Morgan fingerprint density at radius 3 is 0.781 bits per heavy atom. The Hall–Kier alpha value is -10.7. The first-order chi connectivity index (χ1) is 71.0. The van der Waals surface area contributed by atoms with Gasteiger partial charge in [-0.15, -0.1) is 0 Å². The number of methoxy groups -OCH3 is 2. The summed E-state index contributed by atoms with van der Waals surface area (Å²) in [5.74, 6) is 7.40. The number of esters is 2. The lowest BCUT2D eigenvalue weighted by atomic mass is 9.50. The van der Waals surface area contributed by atoms with Crippen LogP contribution in [0, 0.1) is 58.2 Å². The van der Waals surface area contributed by atoms with Crippen LogP contribution in [0.15, 0.2) is 182 Å². The van der Waals surface area contributed by atoms with Crippen molar-refractivity contribution in [2.45, 2.75) is 340 Å². The molecule has 0 heterocycles. The molecule has 12 nitrogen and oxygen atoms in total. The van der Waals surface area contributed by atoms with E-state index in [9.17, 15) is 9.59 Å². The van der Waals surface area contributed by atoms with Gasteiger partial charge in [0.15, 0.2) is 0 Å². The molecule has 0 spiro atoms. The fourth-order valence-corrected chi connectivity index (χ4v) is 24.4. The Kier molecular flexibility index (Phi) is 42.8. The third kappa shape index (κ3) is 28.3. The van der Waals surface area contributed by atoms with Gasteiger partial charge in [0, 0.05) is 67.5 Å². The highest BCUT2D eigenvalue weighted by Gasteiger charge is 2.57. The molecule has 2 saturated carbocycles. The van der Waals surface area contributed by atoms with Crippen molar-refractivity contribution in [1.29, 1.82) is 0 Å². The standard InChI is InChI=1S/C134H180N2O10/c1-19-31-45-97(25-7)91-141-121-87-109(123(143-93-99(27-9)47-33-21-3)85-107(121)61-55-103-57-69-115(70-58-103)135(113-51-39-37-40-52-113)117-73-75-119-105(83-117)67-77-127-131(119,13)79-43-81-133(127,15)129(137)139-17)63-65-111-89-126(146-96-102(30-12)50-36-24-6)112(90-125(111)145-95-101(29-11)49-35-23-5)66-64-110-88-122(142-92-98(26-8)46-32-20-2)108(86-124(110)144-94-100(28-10)48-34-22-4)62-56-104-59-71-116(72-60-104)136(114-53-41-38-42-54-114)118-74-76-120-106(84-118)68-78-128-132(120,14)80-44-82-134(128,16)130(138)140-18/h37-42,51-66,69-76,83-90,97-102,127-128H,19-36,43-50,67-68,77-82,91-96H2,1-18H3/b61-55+,62-56+,65-63+,66-64+/t97?,98?,99?,100?,101?,102?,127?,128?,131-,132-,133-,134-/m1/s1. The zero-order chi connectivity index (χ0) is 104. The highest BCUT2D eigenvalue weighted by atomic mass is 16.5. The third-order valence-electron chi connectivity index (χ3n) is 34.2. The number of carbonyl (C=O) groups excluding carboxylic acids is 2. The summed E-state index contributed by atoms with van der Waals surface area (Å²) in [5.41, 5.74) is 18.6. The number of ether oxygens (including phenoxy) is 8. The summed E-state index contributed by atoms with van der Waals surface area (Å²) in [6, 6.07) is 67.1. The number of rotatable bonds is 58. The van der Waals surface area contributed by atoms with Crippen LogP contribution in [0.4, 0.5) is 34.1 Å².